The summed E-state index contributed by atoms with van der Waals surface area (Å²) in [5, 5.41) is 11.3. The predicted octanol–water partition coefficient (Wildman–Crippen LogP) is 3.61. The molecule has 0 aliphatic heterocycles. The second kappa shape index (κ2) is 6.66. The summed E-state index contributed by atoms with van der Waals surface area (Å²) in [7, 11) is 1.55. The molecule has 1 saturated carbocycles. The summed E-state index contributed by atoms with van der Waals surface area (Å²) in [5.74, 6) is -1.12. The Morgan fingerprint density at radius 3 is 2.43 bits per heavy atom. The van der Waals surface area contributed by atoms with Gasteiger partial charge in [-0.05, 0) is 30.5 Å². The van der Waals surface area contributed by atoms with E-state index in [9.17, 15) is 5.11 Å². The molecule has 0 amide bonds. The van der Waals surface area contributed by atoms with Crippen LogP contribution in [0, 0.1) is 0 Å². The molecule has 2 atom stereocenters. The van der Waals surface area contributed by atoms with E-state index in [2.05, 4.69) is 12.1 Å². The maximum absolute atomic E-state index is 10.5. The average molecular weight is 312 g/mol. The van der Waals surface area contributed by atoms with Crippen molar-refractivity contribution in [2.45, 2.75) is 62.7 Å². The number of aliphatic hydroxyl groups is 1. The van der Waals surface area contributed by atoms with Gasteiger partial charge in [0.25, 0.3) is 0 Å². The fourth-order valence-electron chi connectivity index (χ4n) is 3.43. The number of hydrogen-bond acceptors (Lipinski definition) is 3. The lowest BCUT2D eigenvalue weighted by Crippen LogP contribution is -2.54. The summed E-state index contributed by atoms with van der Waals surface area (Å²) in [6.07, 6.45) is 5.22. The van der Waals surface area contributed by atoms with Crippen molar-refractivity contribution in [1.82, 2.24) is 0 Å². The molecule has 1 aliphatic rings. The molecule has 0 spiro atoms. The van der Waals surface area contributed by atoms with Gasteiger partial charge in [-0.1, -0.05) is 43.5 Å². The highest BCUT2D eigenvalue weighted by Gasteiger charge is 2.46. The van der Waals surface area contributed by atoms with E-state index in [-0.39, 0.29) is 11.5 Å². The van der Waals surface area contributed by atoms with Crippen LogP contribution in [0.1, 0.15) is 51.0 Å². The Hall–Kier alpha value is -0.610. The first-order valence-corrected chi connectivity index (χ1v) is 8.13. The van der Waals surface area contributed by atoms with Gasteiger partial charge in [0.05, 0.1) is 0 Å². The Morgan fingerprint density at radius 1 is 1.38 bits per heavy atom. The lowest BCUT2D eigenvalue weighted by Gasteiger charge is -2.48. The van der Waals surface area contributed by atoms with Gasteiger partial charge >= 0.3 is 0 Å². The van der Waals surface area contributed by atoms with Gasteiger partial charge in [-0.3, -0.25) is 0 Å². The van der Waals surface area contributed by atoms with Gasteiger partial charge in [0.1, 0.15) is 0 Å². The average Bonchev–Trinajstić information content (AvgIpc) is 2.40. The van der Waals surface area contributed by atoms with Crippen LogP contribution >= 0.6 is 11.6 Å². The second-order valence-electron chi connectivity index (χ2n) is 6.23. The number of benzene rings is 1. The van der Waals surface area contributed by atoms with Gasteiger partial charge in [-0.15, -0.1) is 0 Å². The zero-order chi connectivity index (χ0) is 15.5. The SMILES string of the molecule is CCCC(O)(CC(N)C1(c2ccc(Cl)cc2)CCC1)OC. The van der Waals surface area contributed by atoms with Crippen LogP contribution in [0.25, 0.3) is 0 Å². The minimum atomic E-state index is -1.12. The number of ether oxygens (including phenoxy) is 1. The molecule has 2 rings (SSSR count). The van der Waals surface area contributed by atoms with Crippen molar-refractivity contribution >= 4 is 11.6 Å². The molecule has 118 valence electrons. The summed E-state index contributed by atoms with van der Waals surface area (Å²) in [6.45, 7) is 2.04. The van der Waals surface area contributed by atoms with Gasteiger partial charge < -0.3 is 15.6 Å². The van der Waals surface area contributed by atoms with Gasteiger partial charge in [0.2, 0.25) is 0 Å². The van der Waals surface area contributed by atoms with Crippen LogP contribution in [-0.4, -0.2) is 24.0 Å². The zero-order valence-electron chi connectivity index (χ0n) is 12.9. The van der Waals surface area contributed by atoms with Crippen molar-refractivity contribution < 1.29 is 9.84 Å². The molecular weight excluding hydrogens is 286 g/mol. The molecule has 0 heterocycles. The van der Waals surface area contributed by atoms with Crippen molar-refractivity contribution in [1.29, 1.82) is 0 Å². The maximum Gasteiger partial charge on any atom is 0.166 e. The first kappa shape index (κ1) is 16.8. The van der Waals surface area contributed by atoms with E-state index >= 15 is 0 Å². The fourth-order valence-corrected chi connectivity index (χ4v) is 3.56. The third kappa shape index (κ3) is 3.42. The Bertz CT molecular complexity index is 458. The summed E-state index contributed by atoms with van der Waals surface area (Å²) < 4.78 is 5.32. The summed E-state index contributed by atoms with van der Waals surface area (Å²) in [6, 6.07) is 7.83. The number of methoxy groups -OCH3 is 1. The zero-order valence-corrected chi connectivity index (χ0v) is 13.7. The molecule has 2 unspecified atom stereocenters. The van der Waals surface area contributed by atoms with Crippen LogP contribution in [-0.2, 0) is 10.2 Å². The first-order chi connectivity index (χ1) is 9.96. The Morgan fingerprint density at radius 2 is 2.00 bits per heavy atom. The summed E-state index contributed by atoms with van der Waals surface area (Å²) in [4.78, 5) is 0. The number of halogens is 1. The van der Waals surface area contributed by atoms with E-state index in [0.717, 1.165) is 24.3 Å². The molecule has 3 nitrogen and oxygen atoms in total. The van der Waals surface area contributed by atoms with Crippen LogP contribution in [0.4, 0.5) is 0 Å². The third-order valence-electron chi connectivity index (χ3n) is 4.93. The molecule has 1 aromatic rings. The summed E-state index contributed by atoms with van der Waals surface area (Å²) in [5.41, 5.74) is 7.68. The highest BCUT2D eigenvalue weighted by atomic mass is 35.5. The minimum Gasteiger partial charge on any atom is -0.365 e. The smallest absolute Gasteiger partial charge is 0.166 e. The fraction of sp³-hybridized carbons (Fsp3) is 0.647. The Labute approximate surface area is 132 Å². The van der Waals surface area contributed by atoms with Gasteiger partial charge in [-0.25, -0.2) is 0 Å². The minimum absolute atomic E-state index is 0.0508. The molecule has 4 heteroatoms. The van der Waals surface area contributed by atoms with Crippen molar-refractivity contribution in [2.24, 2.45) is 5.73 Å². The largest absolute Gasteiger partial charge is 0.365 e. The summed E-state index contributed by atoms with van der Waals surface area (Å²) >= 11 is 5.98. The number of hydrogen-bond donors (Lipinski definition) is 2. The molecule has 0 aromatic heterocycles. The molecule has 21 heavy (non-hydrogen) atoms. The number of nitrogens with two attached hydrogens (primary N) is 1. The molecule has 3 N–H and O–H groups in total. The Balaban J connectivity index is 2.18. The molecule has 0 saturated heterocycles. The topological polar surface area (TPSA) is 55.5 Å². The van der Waals surface area contributed by atoms with E-state index in [0.29, 0.717) is 12.8 Å². The van der Waals surface area contributed by atoms with Crippen LogP contribution in [0.15, 0.2) is 24.3 Å². The van der Waals surface area contributed by atoms with E-state index < -0.39 is 5.79 Å². The van der Waals surface area contributed by atoms with Crippen LogP contribution in [0.5, 0.6) is 0 Å². The predicted molar refractivity (Wildman–Crippen MR) is 86.4 cm³/mol. The van der Waals surface area contributed by atoms with E-state index in [1.54, 1.807) is 7.11 Å². The number of rotatable bonds is 7. The monoisotopic (exact) mass is 311 g/mol. The Kier molecular flexibility index (Phi) is 5.31. The van der Waals surface area contributed by atoms with Crippen molar-refractivity contribution in [3.8, 4) is 0 Å². The molecule has 1 aromatic carbocycles. The van der Waals surface area contributed by atoms with E-state index in [1.807, 2.05) is 19.1 Å². The van der Waals surface area contributed by atoms with Crippen molar-refractivity contribution in [3.05, 3.63) is 34.9 Å². The van der Waals surface area contributed by atoms with E-state index in [1.165, 1.54) is 12.0 Å². The third-order valence-corrected chi connectivity index (χ3v) is 5.19. The second-order valence-corrected chi connectivity index (χ2v) is 6.66. The van der Waals surface area contributed by atoms with Gasteiger partial charge in [-0.2, -0.15) is 0 Å². The van der Waals surface area contributed by atoms with Crippen molar-refractivity contribution in [2.75, 3.05) is 7.11 Å². The highest BCUT2D eigenvalue weighted by molar-refractivity contribution is 6.30. The van der Waals surface area contributed by atoms with Gasteiger partial charge in [0, 0.05) is 36.4 Å². The standard InChI is InChI=1S/C17H26ClNO2/c1-3-9-17(20,21-2)12-15(19)16(10-4-11-16)13-5-7-14(18)8-6-13/h5-8,15,20H,3-4,9-12,19H2,1-2H3. The highest BCUT2D eigenvalue weighted by Crippen LogP contribution is 2.48. The first-order valence-electron chi connectivity index (χ1n) is 7.75. The quantitative estimate of drug-likeness (QED) is 0.756. The van der Waals surface area contributed by atoms with Gasteiger partial charge in [0.15, 0.2) is 5.79 Å². The van der Waals surface area contributed by atoms with E-state index in [4.69, 9.17) is 22.1 Å². The molecule has 0 radical (unpaired) electrons. The van der Waals surface area contributed by atoms with Crippen LogP contribution in [0.3, 0.4) is 0 Å². The lowest BCUT2D eigenvalue weighted by atomic mass is 9.59. The van der Waals surface area contributed by atoms with Crippen LogP contribution in [0.2, 0.25) is 5.02 Å². The molecule has 0 bridgehead atoms. The van der Waals surface area contributed by atoms with Crippen molar-refractivity contribution in [3.63, 3.8) is 0 Å². The molecular formula is C17H26ClNO2. The lowest BCUT2D eigenvalue weighted by molar-refractivity contribution is -0.200. The molecule has 1 aliphatic carbocycles. The van der Waals surface area contributed by atoms with Crippen LogP contribution < -0.4 is 5.73 Å². The molecule has 1 fully saturated rings. The normalized spacial score (nSPS) is 21.4. The maximum atomic E-state index is 10.5.